The molecule has 0 unspecified atom stereocenters. The van der Waals surface area contributed by atoms with Crippen LogP contribution in [0.3, 0.4) is 0 Å². The van der Waals surface area contributed by atoms with Crippen LogP contribution in [0.15, 0.2) is 18.2 Å². The number of hydrogen-bond donors (Lipinski definition) is 1. The second kappa shape index (κ2) is 7.65. The third-order valence-electron chi connectivity index (χ3n) is 3.12. The summed E-state index contributed by atoms with van der Waals surface area (Å²) in [5.74, 6) is 3.97. The lowest BCUT2D eigenvalue weighted by atomic mass is 10.2. The lowest BCUT2D eigenvalue weighted by Gasteiger charge is -2.13. The topological polar surface area (TPSA) is 30.5 Å². The summed E-state index contributed by atoms with van der Waals surface area (Å²) in [5.41, 5.74) is 1.22. The van der Waals surface area contributed by atoms with Gasteiger partial charge in [-0.05, 0) is 24.7 Å². The van der Waals surface area contributed by atoms with Gasteiger partial charge in [0.2, 0.25) is 0 Å². The van der Waals surface area contributed by atoms with Gasteiger partial charge in [-0.3, -0.25) is 0 Å². The van der Waals surface area contributed by atoms with Crippen LogP contribution in [-0.2, 0) is 6.54 Å². The predicted octanol–water partition coefficient (Wildman–Crippen LogP) is 3.08. The van der Waals surface area contributed by atoms with Crippen molar-refractivity contribution in [2.45, 2.75) is 32.4 Å². The lowest BCUT2D eigenvalue weighted by Crippen LogP contribution is -2.16. The molecule has 1 N–H and O–H groups in total. The maximum Gasteiger partial charge on any atom is 0.127 e. The van der Waals surface area contributed by atoms with Crippen molar-refractivity contribution in [3.8, 4) is 11.5 Å². The number of methoxy groups -OCH3 is 1. The van der Waals surface area contributed by atoms with Crippen LogP contribution < -0.4 is 14.8 Å². The molecule has 0 atom stereocenters. The maximum atomic E-state index is 5.89. The van der Waals surface area contributed by atoms with E-state index in [-0.39, 0.29) is 0 Å². The Bertz CT molecular complexity index is 394. The molecule has 0 saturated heterocycles. The fraction of sp³-hybridized carbons (Fsp3) is 0.600. The van der Waals surface area contributed by atoms with E-state index in [0.717, 1.165) is 36.2 Å². The van der Waals surface area contributed by atoms with E-state index in [0.29, 0.717) is 6.04 Å². The Morgan fingerprint density at radius 1 is 1.37 bits per heavy atom. The van der Waals surface area contributed by atoms with Crippen LogP contribution in [-0.4, -0.2) is 31.3 Å². The molecule has 1 aromatic carbocycles. The summed E-state index contributed by atoms with van der Waals surface area (Å²) in [6.07, 6.45) is 2.61. The Morgan fingerprint density at radius 3 is 2.89 bits per heavy atom. The van der Waals surface area contributed by atoms with Crippen LogP contribution in [0.2, 0.25) is 0 Å². The lowest BCUT2D eigenvalue weighted by molar-refractivity contribution is 0.335. The van der Waals surface area contributed by atoms with Crippen LogP contribution >= 0.6 is 11.8 Å². The van der Waals surface area contributed by atoms with Gasteiger partial charge < -0.3 is 14.8 Å². The third-order valence-corrected chi connectivity index (χ3v) is 3.99. The molecule has 1 saturated carbocycles. The Hall–Kier alpha value is -0.870. The van der Waals surface area contributed by atoms with Gasteiger partial charge in [-0.2, -0.15) is 11.8 Å². The largest absolute Gasteiger partial charge is 0.497 e. The average Bonchev–Trinajstić information content (AvgIpc) is 3.26. The van der Waals surface area contributed by atoms with E-state index in [2.05, 4.69) is 18.3 Å². The normalized spacial score (nSPS) is 14.4. The molecular formula is C15H23NO2S. The van der Waals surface area contributed by atoms with Crippen molar-refractivity contribution in [2.75, 3.05) is 25.2 Å². The first-order valence-electron chi connectivity index (χ1n) is 6.94. The fourth-order valence-electron chi connectivity index (χ4n) is 1.84. The number of ether oxygens (including phenoxy) is 2. The summed E-state index contributed by atoms with van der Waals surface area (Å²) in [6, 6.07) is 6.79. The van der Waals surface area contributed by atoms with Crippen molar-refractivity contribution in [1.82, 2.24) is 5.32 Å². The minimum Gasteiger partial charge on any atom is -0.497 e. The molecule has 2 rings (SSSR count). The van der Waals surface area contributed by atoms with E-state index in [1.54, 1.807) is 7.11 Å². The van der Waals surface area contributed by atoms with E-state index >= 15 is 0 Å². The zero-order chi connectivity index (χ0) is 13.5. The quantitative estimate of drug-likeness (QED) is 0.705. The molecule has 106 valence electrons. The maximum absolute atomic E-state index is 5.89. The molecule has 0 amide bonds. The van der Waals surface area contributed by atoms with Crippen molar-refractivity contribution in [1.29, 1.82) is 0 Å². The SMILES string of the molecule is CCSCCOc1cc(OC)ccc1CNC1CC1. The van der Waals surface area contributed by atoms with Crippen molar-refractivity contribution in [3.05, 3.63) is 23.8 Å². The highest BCUT2D eigenvalue weighted by Gasteiger charge is 2.20. The highest BCUT2D eigenvalue weighted by Crippen LogP contribution is 2.26. The van der Waals surface area contributed by atoms with Crippen LogP contribution in [0.25, 0.3) is 0 Å². The van der Waals surface area contributed by atoms with Gasteiger partial charge in [0.05, 0.1) is 13.7 Å². The summed E-state index contributed by atoms with van der Waals surface area (Å²) in [6.45, 7) is 3.80. The molecule has 0 spiro atoms. The molecular weight excluding hydrogens is 258 g/mol. The first-order chi connectivity index (χ1) is 9.33. The standard InChI is InChI=1S/C15H23NO2S/c1-3-19-9-8-18-15-10-14(17-2)7-4-12(15)11-16-13-5-6-13/h4,7,10,13,16H,3,5-6,8-9,11H2,1-2H3. The zero-order valence-corrected chi connectivity index (χ0v) is 12.6. The van der Waals surface area contributed by atoms with Gasteiger partial charge >= 0.3 is 0 Å². The van der Waals surface area contributed by atoms with Crippen molar-refractivity contribution in [2.24, 2.45) is 0 Å². The van der Waals surface area contributed by atoms with Gasteiger partial charge in [0.15, 0.2) is 0 Å². The predicted molar refractivity (Wildman–Crippen MR) is 81.3 cm³/mol. The molecule has 1 aromatic rings. The molecule has 19 heavy (non-hydrogen) atoms. The molecule has 0 aliphatic heterocycles. The molecule has 1 aliphatic rings. The van der Waals surface area contributed by atoms with E-state index in [9.17, 15) is 0 Å². The number of hydrogen-bond acceptors (Lipinski definition) is 4. The summed E-state index contributed by atoms with van der Waals surface area (Å²) in [5, 5.41) is 3.53. The molecule has 1 fully saturated rings. The molecule has 0 bridgehead atoms. The molecule has 0 radical (unpaired) electrons. The first kappa shape index (κ1) is 14.5. The number of nitrogens with one attached hydrogen (secondary N) is 1. The smallest absolute Gasteiger partial charge is 0.127 e. The zero-order valence-electron chi connectivity index (χ0n) is 11.8. The molecule has 0 heterocycles. The third kappa shape index (κ3) is 4.96. The van der Waals surface area contributed by atoms with Crippen LogP contribution in [0, 0.1) is 0 Å². The van der Waals surface area contributed by atoms with Crippen molar-refractivity contribution in [3.63, 3.8) is 0 Å². The van der Waals surface area contributed by atoms with E-state index in [1.807, 2.05) is 23.9 Å². The van der Waals surface area contributed by atoms with Gasteiger partial charge in [-0.1, -0.05) is 13.0 Å². The Kier molecular flexibility index (Phi) is 5.86. The van der Waals surface area contributed by atoms with E-state index in [4.69, 9.17) is 9.47 Å². The van der Waals surface area contributed by atoms with Gasteiger partial charge in [0.25, 0.3) is 0 Å². The summed E-state index contributed by atoms with van der Waals surface area (Å²) in [7, 11) is 1.69. The molecule has 1 aliphatic carbocycles. The summed E-state index contributed by atoms with van der Waals surface area (Å²) in [4.78, 5) is 0. The van der Waals surface area contributed by atoms with Crippen LogP contribution in [0.5, 0.6) is 11.5 Å². The van der Waals surface area contributed by atoms with Crippen LogP contribution in [0.4, 0.5) is 0 Å². The second-order valence-corrected chi connectivity index (χ2v) is 6.07. The molecule has 4 heteroatoms. The highest BCUT2D eigenvalue weighted by molar-refractivity contribution is 7.99. The minimum absolute atomic E-state index is 0.714. The summed E-state index contributed by atoms with van der Waals surface area (Å²) >= 11 is 1.90. The fourth-order valence-corrected chi connectivity index (χ4v) is 2.33. The first-order valence-corrected chi connectivity index (χ1v) is 8.09. The highest BCUT2D eigenvalue weighted by atomic mass is 32.2. The monoisotopic (exact) mass is 281 g/mol. The molecule has 3 nitrogen and oxygen atoms in total. The van der Waals surface area contributed by atoms with Gasteiger partial charge in [-0.15, -0.1) is 0 Å². The van der Waals surface area contributed by atoms with E-state index in [1.165, 1.54) is 18.4 Å². The van der Waals surface area contributed by atoms with Crippen molar-refractivity contribution < 1.29 is 9.47 Å². The Morgan fingerprint density at radius 2 is 2.21 bits per heavy atom. The minimum atomic E-state index is 0.714. The number of benzene rings is 1. The van der Waals surface area contributed by atoms with Crippen LogP contribution in [0.1, 0.15) is 25.3 Å². The number of thioether (sulfide) groups is 1. The second-order valence-electron chi connectivity index (χ2n) is 4.67. The molecule has 0 aromatic heterocycles. The summed E-state index contributed by atoms with van der Waals surface area (Å²) < 4.78 is 11.2. The van der Waals surface area contributed by atoms with Gasteiger partial charge in [0.1, 0.15) is 11.5 Å². The van der Waals surface area contributed by atoms with E-state index < -0.39 is 0 Å². The average molecular weight is 281 g/mol. The Labute approximate surface area is 120 Å². The number of rotatable bonds is 9. The van der Waals surface area contributed by atoms with Gasteiger partial charge in [0, 0.05) is 30.0 Å². The van der Waals surface area contributed by atoms with Gasteiger partial charge in [-0.25, -0.2) is 0 Å². The van der Waals surface area contributed by atoms with Crippen molar-refractivity contribution >= 4 is 11.8 Å². The Balaban J connectivity index is 1.93.